The maximum Gasteiger partial charge on any atom is 0.326 e. The zero-order valence-corrected chi connectivity index (χ0v) is 12.1. The number of amides is 2. The topological polar surface area (TPSA) is 60.9 Å². The van der Waals surface area contributed by atoms with Crippen molar-refractivity contribution in [1.29, 1.82) is 0 Å². The van der Waals surface area contributed by atoms with Crippen LogP contribution in [0, 0.1) is 11.3 Å². The van der Waals surface area contributed by atoms with Crippen molar-refractivity contribution in [2.45, 2.75) is 46.1 Å². The van der Waals surface area contributed by atoms with Crippen LogP contribution in [0.2, 0.25) is 0 Å². The van der Waals surface area contributed by atoms with Crippen LogP contribution in [0.4, 0.5) is 4.79 Å². The Kier molecular flexibility index (Phi) is 3.74. The molecule has 0 bridgehead atoms. The molecular formula is C14H24N2O3. The zero-order chi connectivity index (χ0) is 14.2. The smallest absolute Gasteiger partial charge is 0.326 e. The first kappa shape index (κ1) is 14.2. The summed E-state index contributed by atoms with van der Waals surface area (Å²) in [7, 11) is 0. The minimum atomic E-state index is -0.879. The van der Waals surface area contributed by atoms with E-state index in [1.165, 1.54) is 0 Å². The molecule has 2 saturated heterocycles. The van der Waals surface area contributed by atoms with Crippen LogP contribution in [0.15, 0.2) is 0 Å². The Morgan fingerprint density at radius 2 is 1.74 bits per heavy atom. The first-order valence-corrected chi connectivity index (χ1v) is 7.10. The Balaban J connectivity index is 2.02. The SMILES string of the molecule is CC1CCN(C(=O)N2CCC(C)(C)CC2)C1C(=O)O. The summed E-state index contributed by atoms with van der Waals surface area (Å²) in [5.74, 6) is -0.835. The third-order valence-electron chi connectivity index (χ3n) is 4.59. The Morgan fingerprint density at radius 3 is 2.26 bits per heavy atom. The van der Waals surface area contributed by atoms with Crippen LogP contribution in [-0.2, 0) is 4.79 Å². The molecule has 5 nitrogen and oxygen atoms in total. The van der Waals surface area contributed by atoms with Gasteiger partial charge in [-0.3, -0.25) is 0 Å². The van der Waals surface area contributed by atoms with Gasteiger partial charge in [0.05, 0.1) is 0 Å². The van der Waals surface area contributed by atoms with Gasteiger partial charge in [-0.2, -0.15) is 0 Å². The quantitative estimate of drug-likeness (QED) is 0.791. The summed E-state index contributed by atoms with van der Waals surface area (Å²) < 4.78 is 0. The molecule has 0 aromatic carbocycles. The molecule has 2 aliphatic rings. The fraction of sp³-hybridized carbons (Fsp3) is 0.857. The lowest BCUT2D eigenvalue weighted by Crippen LogP contribution is -2.52. The molecular weight excluding hydrogens is 244 g/mol. The van der Waals surface area contributed by atoms with E-state index in [1.807, 2.05) is 11.8 Å². The molecule has 2 unspecified atom stereocenters. The summed E-state index contributed by atoms with van der Waals surface area (Å²) in [5.41, 5.74) is 0.293. The van der Waals surface area contributed by atoms with Crippen molar-refractivity contribution in [2.75, 3.05) is 19.6 Å². The molecule has 2 rings (SSSR count). The monoisotopic (exact) mass is 268 g/mol. The summed E-state index contributed by atoms with van der Waals surface area (Å²) in [5, 5.41) is 9.27. The van der Waals surface area contributed by atoms with Crippen molar-refractivity contribution in [3.8, 4) is 0 Å². The minimum absolute atomic E-state index is 0.0441. The molecule has 0 aliphatic carbocycles. The van der Waals surface area contributed by atoms with Gasteiger partial charge in [0.2, 0.25) is 0 Å². The number of carboxylic acid groups (broad SMARTS) is 1. The molecule has 0 radical (unpaired) electrons. The number of piperidine rings is 1. The highest BCUT2D eigenvalue weighted by Crippen LogP contribution is 2.32. The minimum Gasteiger partial charge on any atom is -0.480 e. The second-order valence-corrected chi connectivity index (χ2v) is 6.68. The molecule has 0 aromatic rings. The Bertz CT molecular complexity index is 371. The molecule has 1 N–H and O–H groups in total. The Labute approximate surface area is 114 Å². The van der Waals surface area contributed by atoms with Crippen molar-refractivity contribution >= 4 is 12.0 Å². The average Bonchev–Trinajstić information content (AvgIpc) is 2.70. The van der Waals surface area contributed by atoms with Crippen molar-refractivity contribution in [3.05, 3.63) is 0 Å². The highest BCUT2D eigenvalue weighted by molar-refractivity contribution is 5.83. The summed E-state index contributed by atoms with van der Waals surface area (Å²) in [6.07, 6.45) is 2.75. The number of hydrogen-bond acceptors (Lipinski definition) is 2. The maximum atomic E-state index is 12.5. The standard InChI is InChI=1S/C14H24N2O3/c1-10-4-7-16(11(10)12(17)18)13(19)15-8-5-14(2,3)6-9-15/h10-11H,4-9H2,1-3H3,(H,17,18). The summed E-state index contributed by atoms with van der Waals surface area (Å²) in [6.45, 7) is 8.38. The molecule has 0 spiro atoms. The van der Waals surface area contributed by atoms with Gasteiger partial charge in [0.15, 0.2) is 0 Å². The van der Waals surface area contributed by atoms with Gasteiger partial charge in [0.1, 0.15) is 6.04 Å². The number of hydrogen-bond donors (Lipinski definition) is 1. The van der Waals surface area contributed by atoms with Crippen molar-refractivity contribution in [1.82, 2.24) is 9.80 Å². The van der Waals surface area contributed by atoms with E-state index in [9.17, 15) is 14.7 Å². The lowest BCUT2D eigenvalue weighted by atomic mass is 9.83. The molecule has 0 saturated carbocycles. The predicted molar refractivity (Wildman–Crippen MR) is 71.9 cm³/mol. The zero-order valence-electron chi connectivity index (χ0n) is 12.1. The molecule has 2 fully saturated rings. The second-order valence-electron chi connectivity index (χ2n) is 6.68. The first-order chi connectivity index (χ1) is 8.82. The number of carbonyl (C=O) groups excluding carboxylic acids is 1. The number of aliphatic carboxylic acids is 1. The lowest BCUT2D eigenvalue weighted by molar-refractivity contribution is -0.142. The molecule has 2 heterocycles. The van der Waals surface area contributed by atoms with E-state index in [-0.39, 0.29) is 11.9 Å². The normalized spacial score (nSPS) is 30.5. The van der Waals surface area contributed by atoms with E-state index in [4.69, 9.17) is 0 Å². The second kappa shape index (κ2) is 5.02. The van der Waals surface area contributed by atoms with Crippen molar-refractivity contribution in [2.24, 2.45) is 11.3 Å². The molecule has 2 amide bonds. The average molecular weight is 268 g/mol. The number of urea groups is 1. The van der Waals surface area contributed by atoms with Gasteiger partial charge in [0, 0.05) is 19.6 Å². The molecule has 5 heteroatoms. The highest BCUT2D eigenvalue weighted by atomic mass is 16.4. The maximum absolute atomic E-state index is 12.5. The fourth-order valence-electron chi connectivity index (χ4n) is 3.02. The lowest BCUT2D eigenvalue weighted by Gasteiger charge is -2.39. The van der Waals surface area contributed by atoms with Crippen molar-refractivity contribution < 1.29 is 14.7 Å². The van der Waals surface area contributed by atoms with E-state index in [0.29, 0.717) is 12.0 Å². The van der Waals surface area contributed by atoms with Gasteiger partial charge in [0.25, 0.3) is 0 Å². The van der Waals surface area contributed by atoms with E-state index >= 15 is 0 Å². The van der Waals surface area contributed by atoms with Crippen molar-refractivity contribution in [3.63, 3.8) is 0 Å². The third-order valence-corrected chi connectivity index (χ3v) is 4.59. The number of nitrogens with zero attached hydrogens (tertiary/aromatic N) is 2. The van der Waals surface area contributed by atoms with Crippen LogP contribution in [-0.4, -0.2) is 52.6 Å². The highest BCUT2D eigenvalue weighted by Gasteiger charge is 2.42. The summed E-state index contributed by atoms with van der Waals surface area (Å²) in [4.78, 5) is 27.1. The van der Waals surface area contributed by atoms with Crippen LogP contribution in [0.1, 0.15) is 40.0 Å². The number of rotatable bonds is 1. The van der Waals surface area contributed by atoms with Crippen LogP contribution < -0.4 is 0 Å². The first-order valence-electron chi connectivity index (χ1n) is 7.10. The number of likely N-dealkylation sites (tertiary alicyclic amines) is 2. The van der Waals surface area contributed by atoms with Gasteiger partial charge < -0.3 is 14.9 Å². The van der Waals surface area contributed by atoms with E-state index in [0.717, 1.165) is 32.4 Å². The Morgan fingerprint density at radius 1 is 1.16 bits per heavy atom. The molecule has 2 atom stereocenters. The van der Waals surface area contributed by atoms with Crippen LogP contribution in [0.3, 0.4) is 0 Å². The molecule has 0 aromatic heterocycles. The molecule has 19 heavy (non-hydrogen) atoms. The van der Waals surface area contributed by atoms with Crippen LogP contribution >= 0.6 is 0 Å². The number of carbonyl (C=O) groups is 2. The number of carboxylic acids is 1. The molecule has 108 valence electrons. The molecule has 2 aliphatic heterocycles. The Hall–Kier alpha value is -1.26. The van der Waals surface area contributed by atoms with E-state index < -0.39 is 12.0 Å². The van der Waals surface area contributed by atoms with Gasteiger partial charge in [-0.05, 0) is 30.6 Å². The van der Waals surface area contributed by atoms with Gasteiger partial charge in [-0.15, -0.1) is 0 Å². The fourth-order valence-corrected chi connectivity index (χ4v) is 3.02. The van der Waals surface area contributed by atoms with Gasteiger partial charge in [-0.25, -0.2) is 9.59 Å². The van der Waals surface area contributed by atoms with E-state index in [1.54, 1.807) is 4.90 Å². The van der Waals surface area contributed by atoms with E-state index in [2.05, 4.69) is 13.8 Å². The van der Waals surface area contributed by atoms with Gasteiger partial charge in [-0.1, -0.05) is 20.8 Å². The summed E-state index contributed by atoms with van der Waals surface area (Å²) >= 11 is 0. The van der Waals surface area contributed by atoms with Crippen LogP contribution in [0.5, 0.6) is 0 Å². The van der Waals surface area contributed by atoms with Crippen LogP contribution in [0.25, 0.3) is 0 Å². The summed E-state index contributed by atoms with van der Waals surface area (Å²) in [6, 6.07) is -0.741. The predicted octanol–water partition coefficient (Wildman–Crippen LogP) is 2.02. The van der Waals surface area contributed by atoms with Gasteiger partial charge >= 0.3 is 12.0 Å². The third kappa shape index (κ3) is 2.85. The largest absolute Gasteiger partial charge is 0.480 e.